The number of halogens is 2. The fourth-order valence-electron chi connectivity index (χ4n) is 7.43. The average Bonchev–Trinajstić information content (AvgIpc) is 3.84. The van der Waals surface area contributed by atoms with Gasteiger partial charge in [0.2, 0.25) is 0 Å². The highest BCUT2D eigenvalue weighted by atomic mass is 79.9. The van der Waals surface area contributed by atoms with Crippen LogP contribution in [0.2, 0.25) is 0 Å². The minimum atomic E-state index is -0.915. The lowest BCUT2D eigenvalue weighted by Gasteiger charge is -2.22. The predicted molar refractivity (Wildman–Crippen MR) is 229 cm³/mol. The van der Waals surface area contributed by atoms with E-state index in [1.807, 2.05) is 59.6 Å². The first-order valence-corrected chi connectivity index (χ1v) is 20.7. The van der Waals surface area contributed by atoms with Gasteiger partial charge in [0, 0.05) is 59.8 Å². The van der Waals surface area contributed by atoms with E-state index >= 15 is 0 Å². The molecule has 2 aromatic heterocycles. The maximum Gasteiger partial charge on any atom is 0.338 e. The van der Waals surface area contributed by atoms with Gasteiger partial charge in [-0.1, -0.05) is 31.9 Å². The number of ether oxygens (including phenoxy) is 3. The van der Waals surface area contributed by atoms with E-state index in [9.17, 15) is 14.7 Å². The van der Waals surface area contributed by atoms with E-state index in [-0.39, 0.29) is 5.97 Å². The van der Waals surface area contributed by atoms with Crippen LogP contribution in [0.25, 0.3) is 33.4 Å². The summed E-state index contributed by atoms with van der Waals surface area (Å²) in [7, 11) is 1.39. The van der Waals surface area contributed by atoms with Gasteiger partial charge in [0.15, 0.2) is 0 Å². The molecule has 0 spiro atoms. The zero-order chi connectivity index (χ0) is 40.1. The molecular formula is C43H46Br2N6O6. The molecule has 2 fully saturated rings. The number of carbonyl (C=O) groups excluding carboxylic acids is 1. The minimum absolute atomic E-state index is 0.313. The SMILES string of the molecule is COC(=O)c1ccc(-n2cnc3c(NCC4CCOCC4)cc(Br)cc32)cc1C.Cc1cc(-n2cnc3c(NCC4CCOCC4)cc(Br)cc32)ccc1C(=O)O. The van der Waals surface area contributed by atoms with Gasteiger partial charge in [0.05, 0.1) is 40.6 Å². The number of nitrogens with one attached hydrogen (secondary N) is 2. The Bertz CT molecular complexity index is 2400. The number of hydrogen-bond acceptors (Lipinski definition) is 9. The number of esters is 1. The van der Waals surface area contributed by atoms with Crippen LogP contribution >= 0.6 is 31.9 Å². The van der Waals surface area contributed by atoms with Crippen molar-refractivity contribution in [1.82, 2.24) is 19.1 Å². The van der Waals surface area contributed by atoms with Crippen LogP contribution in [0.5, 0.6) is 0 Å². The Balaban J connectivity index is 0.000000174. The number of aryl methyl sites for hydroxylation is 2. The number of imidazole rings is 2. The second kappa shape index (κ2) is 18.2. The third kappa shape index (κ3) is 9.35. The van der Waals surface area contributed by atoms with Gasteiger partial charge in [0.1, 0.15) is 23.7 Å². The molecule has 2 aliphatic rings. The molecule has 12 nitrogen and oxygen atoms in total. The van der Waals surface area contributed by atoms with Gasteiger partial charge >= 0.3 is 11.9 Å². The number of carboxylic acid groups (broad SMARTS) is 1. The molecule has 0 atom stereocenters. The molecule has 8 rings (SSSR count). The number of rotatable bonds is 10. The summed E-state index contributed by atoms with van der Waals surface area (Å²) >= 11 is 7.24. The standard InChI is InChI=1S/C22H24BrN3O3.C21H22BrN3O3/c1-14-9-17(3-4-18(14)22(27)28-2)26-13-25-21-19(10-16(23)11-20(21)26)24-12-15-5-7-29-8-6-15;1-13-8-16(2-3-17(13)21(26)27)25-12-24-20-18(9-15(22)10-19(20)25)23-11-14-4-6-28-7-5-14/h3-4,9-11,13,15,24H,5-8,12H2,1-2H3;2-3,8-10,12,14,23H,4-7,11H2,1H3,(H,26,27). The van der Waals surface area contributed by atoms with Gasteiger partial charge in [-0.25, -0.2) is 19.6 Å². The Morgan fingerprint density at radius 1 is 0.719 bits per heavy atom. The van der Waals surface area contributed by atoms with E-state index in [1.165, 1.54) is 7.11 Å². The van der Waals surface area contributed by atoms with Crippen LogP contribution in [0, 0.1) is 25.7 Å². The molecular weight excluding hydrogens is 856 g/mol. The Labute approximate surface area is 348 Å². The van der Waals surface area contributed by atoms with Crippen LogP contribution in [0.1, 0.15) is 57.5 Å². The number of methoxy groups -OCH3 is 1. The summed E-state index contributed by atoms with van der Waals surface area (Å²) in [5.74, 6) is -0.0155. The summed E-state index contributed by atoms with van der Waals surface area (Å²) < 4.78 is 21.7. The third-order valence-corrected chi connectivity index (χ3v) is 11.6. The van der Waals surface area contributed by atoms with E-state index in [1.54, 1.807) is 18.5 Å². The Morgan fingerprint density at radius 2 is 1.16 bits per heavy atom. The van der Waals surface area contributed by atoms with E-state index in [0.717, 1.165) is 130 Å². The predicted octanol–water partition coefficient (Wildman–Crippen LogP) is 9.35. The second-order valence-electron chi connectivity index (χ2n) is 14.5. The zero-order valence-electron chi connectivity index (χ0n) is 32.2. The highest BCUT2D eigenvalue weighted by Gasteiger charge is 2.19. The number of aromatic carboxylic acids is 1. The Morgan fingerprint density at radius 3 is 1.56 bits per heavy atom. The molecule has 0 bridgehead atoms. The lowest BCUT2D eigenvalue weighted by atomic mass is 10.0. The van der Waals surface area contributed by atoms with Gasteiger partial charge in [-0.3, -0.25) is 9.13 Å². The maximum absolute atomic E-state index is 11.9. The number of benzene rings is 4. The topological polar surface area (TPSA) is 142 Å². The number of hydrogen-bond donors (Lipinski definition) is 3. The van der Waals surface area contributed by atoms with Crippen molar-refractivity contribution in [2.24, 2.45) is 11.8 Å². The normalized spacial score (nSPS) is 15.0. The minimum Gasteiger partial charge on any atom is -0.478 e. The molecule has 2 aliphatic heterocycles. The molecule has 0 saturated carbocycles. The number of carboxylic acids is 1. The number of aromatic nitrogens is 4. The summed E-state index contributed by atoms with van der Waals surface area (Å²) in [6.07, 6.45) is 7.94. The van der Waals surface area contributed by atoms with Crippen molar-refractivity contribution in [1.29, 1.82) is 0 Å². The van der Waals surface area contributed by atoms with Crippen LogP contribution < -0.4 is 10.6 Å². The van der Waals surface area contributed by atoms with Crippen LogP contribution in [0.4, 0.5) is 11.4 Å². The average molecular weight is 903 g/mol. The van der Waals surface area contributed by atoms with Gasteiger partial charge in [-0.05, 0) is 123 Å². The van der Waals surface area contributed by atoms with Gasteiger partial charge in [0.25, 0.3) is 0 Å². The van der Waals surface area contributed by atoms with Crippen molar-refractivity contribution >= 4 is 77.2 Å². The number of nitrogens with zero attached hydrogens (tertiary/aromatic N) is 4. The number of anilines is 2. The molecule has 14 heteroatoms. The highest BCUT2D eigenvalue weighted by Crippen LogP contribution is 2.32. The molecule has 0 amide bonds. The van der Waals surface area contributed by atoms with Crippen LogP contribution in [0.3, 0.4) is 0 Å². The monoisotopic (exact) mass is 900 g/mol. The largest absolute Gasteiger partial charge is 0.478 e. The highest BCUT2D eigenvalue weighted by molar-refractivity contribution is 9.10. The summed E-state index contributed by atoms with van der Waals surface area (Å²) in [5, 5.41) is 16.4. The maximum atomic E-state index is 11.9. The number of fused-ring (bicyclic) bond motifs is 2. The molecule has 2 saturated heterocycles. The first-order chi connectivity index (χ1) is 27.6. The summed E-state index contributed by atoms with van der Waals surface area (Å²) in [6, 6.07) is 19.2. The molecule has 3 N–H and O–H groups in total. The quantitative estimate of drug-likeness (QED) is 0.114. The molecule has 4 aromatic carbocycles. The number of carbonyl (C=O) groups is 2. The summed E-state index contributed by atoms with van der Waals surface area (Å²) in [6.45, 7) is 8.88. The fraction of sp³-hybridized carbons (Fsp3) is 0.349. The van der Waals surface area contributed by atoms with Crippen molar-refractivity contribution in [3.63, 3.8) is 0 Å². The second-order valence-corrected chi connectivity index (χ2v) is 16.4. The van der Waals surface area contributed by atoms with Crippen molar-refractivity contribution < 1.29 is 28.9 Å². The molecule has 6 aromatic rings. The lowest BCUT2D eigenvalue weighted by Crippen LogP contribution is -2.22. The molecule has 298 valence electrons. The Hall–Kier alpha value is -4.76. The fourth-order valence-corrected chi connectivity index (χ4v) is 8.32. The summed E-state index contributed by atoms with van der Waals surface area (Å²) in [4.78, 5) is 32.4. The molecule has 0 aliphatic carbocycles. The summed E-state index contributed by atoms with van der Waals surface area (Å²) in [5.41, 5.74) is 10.1. The molecule has 0 radical (unpaired) electrons. The van der Waals surface area contributed by atoms with Crippen LogP contribution in [-0.4, -0.2) is 82.8 Å². The smallest absolute Gasteiger partial charge is 0.338 e. The van der Waals surface area contributed by atoms with E-state index < -0.39 is 5.97 Å². The van der Waals surface area contributed by atoms with Crippen molar-refractivity contribution in [3.8, 4) is 11.4 Å². The lowest BCUT2D eigenvalue weighted by molar-refractivity contribution is 0.0598. The first kappa shape index (κ1) is 40.4. The van der Waals surface area contributed by atoms with Crippen molar-refractivity contribution in [2.75, 3.05) is 57.3 Å². The van der Waals surface area contributed by atoms with Crippen LogP contribution in [0.15, 0.2) is 82.3 Å². The molecule has 0 unspecified atom stereocenters. The molecule has 4 heterocycles. The van der Waals surface area contributed by atoms with E-state index in [2.05, 4.69) is 70.7 Å². The van der Waals surface area contributed by atoms with Crippen molar-refractivity contribution in [3.05, 3.63) is 105 Å². The first-order valence-electron chi connectivity index (χ1n) is 19.1. The zero-order valence-corrected chi connectivity index (χ0v) is 35.4. The van der Waals surface area contributed by atoms with Gasteiger partial charge in [-0.2, -0.15) is 0 Å². The third-order valence-electron chi connectivity index (χ3n) is 10.7. The van der Waals surface area contributed by atoms with E-state index in [4.69, 9.17) is 14.2 Å². The van der Waals surface area contributed by atoms with E-state index in [0.29, 0.717) is 23.0 Å². The van der Waals surface area contributed by atoms with Gasteiger partial charge < -0.3 is 30.0 Å². The molecule has 57 heavy (non-hydrogen) atoms. The van der Waals surface area contributed by atoms with Gasteiger partial charge in [-0.15, -0.1) is 0 Å². The van der Waals surface area contributed by atoms with Crippen LogP contribution in [-0.2, 0) is 14.2 Å². The Kier molecular flexibility index (Phi) is 12.9. The van der Waals surface area contributed by atoms with Crippen molar-refractivity contribution in [2.45, 2.75) is 39.5 Å².